The standard InChI is InChI=1S/C12H19IN2O3/c1-4-14-7-10(13)11(16)15(12(14)17)5-6-18-8-9(2)3/h7,9H,4-6,8H2,1-3H3. The molecule has 0 radical (unpaired) electrons. The van der Waals surface area contributed by atoms with E-state index in [4.69, 9.17) is 4.74 Å². The number of hydrogen-bond donors (Lipinski definition) is 0. The van der Waals surface area contributed by atoms with Gasteiger partial charge in [-0.3, -0.25) is 13.9 Å². The molecule has 0 unspecified atom stereocenters. The average molecular weight is 366 g/mol. The summed E-state index contributed by atoms with van der Waals surface area (Å²) in [5.74, 6) is 0.449. The fourth-order valence-corrected chi connectivity index (χ4v) is 2.14. The molecule has 0 amide bonds. The zero-order valence-electron chi connectivity index (χ0n) is 11.0. The molecule has 0 fully saturated rings. The predicted molar refractivity (Wildman–Crippen MR) is 79.0 cm³/mol. The first-order chi connectivity index (χ1) is 8.47. The van der Waals surface area contributed by atoms with Crippen LogP contribution in [0.1, 0.15) is 20.8 Å². The SMILES string of the molecule is CCn1cc(I)c(=O)n(CCOCC(C)C)c1=O. The van der Waals surface area contributed by atoms with Crippen molar-refractivity contribution in [3.63, 3.8) is 0 Å². The Hall–Kier alpha value is -0.630. The molecule has 6 heteroatoms. The molecule has 0 N–H and O–H groups in total. The van der Waals surface area contributed by atoms with Crippen LogP contribution >= 0.6 is 22.6 Å². The van der Waals surface area contributed by atoms with Crippen LogP contribution in [-0.2, 0) is 17.8 Å². The Bertz CT molecular complexity index is 505. The van der Waals surface area contributed by atoms with Crippen LogP contribution in [0.5, 0.6) is 0 Å². The van der Waals surface area contributed by atoms with Gasteiger partial charge < -0.3 is 4.74 Å². The summed E-state index contributed by atoms with van der Waals surface area (Å²) in [5.41, 5.74) is -0.505. The van der Waals surface area contributed by atoms with Crippen LogP contribution in [0.25, 0.3) is 0 Å². The molecule has 1 aromatic rings. The number of nitrogens with zero attached hydrogens (tertiary/aromatic N) is 2. The molecule has 0 spiro atoms. The maximum Gasteiger partial charge on any atom is 0.331 e. The third-order valence-corrected chi connectivity index (χ3v) is 3.19. The molecule has 0 aromatic carbocycles. The van der Waals surface area contributed by atoms with Crippen LogP contribution < -0.4 is 11.2 Å². The molecule has 0 aliphatic rings. The minimum atomic E-state index is -0.268. The lowest BCUT2D eigenvalue weighted by Crippen LogP contribution is -2.41. The Morgan fingerprint density at radius 3 is 2.61 bits per heavy atom. The number of halogens is 1. The van der Waals surface area contributed by atoms with E-state index < -0.39 is 0 Å². The van der Waals surface area contributed by atoms with Crippen LogP contribution in [0.4, 0.5) is 0 Å². The highest BCUT2D eigenvalue weighted by atomic mass is 127. The van der Waals surface area contributed by atoms with Gasteiger partial charge in [-0.25, -0.2) is 4.79 Å². The highest BCUT2D eigenvalue weighted by Crippen LogP contribution is 1.95. The van der Waals surface area contributed by atoms with Crippen molar-refractivity contribution in [2.75, 3.05) is 13.2 Å². The van der Waals surface area contributed by atoms with Gasteiger partial charge in [-0.2, -0.15) is 0 Å². The van der Waals surface area contributed by atoms with Gasteiger partial charge in [-0.05, 0) is 35.4 Å². The summed E-state index contributed by atoms with van der Waals surface area (Å²) in [6.07, 6.45) is 1.59. The summed E-state index contributed by atoms with van der Waals surface area (Å²) in [4.78, 5) is 23.8. The number of aromatic nitrogens is 2. The van der Waals surface area contributed by atoms with Crippen LogP contribution in [0, 0.1) is 9.49 Å². The monoisotopic (exact) mass is 366 g/mol. The van der Waals surface area contributed by atoms with Crippen molar-refractivity contribution < 1.29 is 4.74 Å². The van der Waals surface area contributed by atoms with Crippen LogP contribution in [0.2, 0.25) is 0 Å². The van der Waals surface area contributed by atoms with Crippen molar-refractivity contribution in [1.82, 2.24) is 9.13 Å². The second-order valence-corrected chi connectivity index (χ2v) is 5.63. The molecule has 0 bridgehead atoms. The highest BCUT2D eigenvalue weighted by molar-refractivity contribution is 14.1. The maximum atomic E-state index is 12.0. The molecule has 1 heterocycles. The number of ether oxygens (including phenoxy) is 1. The minimum absolute atomic E-state index is 0.238. The van der Waals surface area contributed by atoms with E-state index in [0.717, 1.165) is 0 Å². The van der Waals surface area contributed by atoms with E-state index in [9.17, 15) is 9.59 Å². The predicted octanol–water partition coefficient (Wildman–Crippen LogP) is 1.31. The largest absolute Gasteiger partial charge is 0.379 e. The molecular formula is C12H19IN2O3. The molecule has 5 nitrogen and oxygen atoms in total. The normalized spacial score (nSPS) is 11.2. The molecule has 0 saturated heterocycles. The van der Waals surface area contributed by atoms with Gasteiger partial charge in [0.05, 0.1) is 16.7 Å². The van der Waals surface area contributed by atoms with Crippen LogP contribution in [0.3, 0.4) is 0 Å². The highest BCUT2D eigenvalue weighted by Gasteiger charge is 2.08. The molecule has 0 atom stereocenters. The van der Waals surface area contributed by atoms with E-state index in [1.165, 1.54) is 9.13 Å². The van der Waals surface area contributed by atoms with Crippen molar-refractivity contribution in [3.8, 4) is 0 Å². The Morgan fingerprint density at radius 1 is 1.39 bits per heavy atom. The van der Waals surface area contributed by atoms with Gasteiger partial charge in [-0.15, -0.1) is 0 Å². The zero-order valence-corrected chi connectivity index (χ0v) is 13.1. The smallest absolute Gasteiger partial charge is 0.331 e. The van der Waals surface area contributed by atoms with E-state index in [2.05, 4.69) is 13.8 Å². The Morgan fingerprint density at radius 2 is 2.06 bits per heavy atom. The molecule has 0 aliphatic carbocycles. The number of rotatable bonds is 6. The molecule has 0 aliphatic heterocycles. The Kier molecular flexibility index (Phi) is 6.07. The summed E-state index contributed by atoms with van der Waals surface area (Å²) in [6, 6.07) is 0. The minimum Gasteiger partial charge on any atom is -0.379 e. The Balaban J connectivity index is 2.85. The number of aryl methyl sites for hydroxylation is 1. The summed E-state index contributed by atoms with van der Waals surface area (Å²) >= 11 is 1.95. The van der Waals surface area contributed by atoms with Crippen molar-refractivity contribution in [2.45, 2.75) is 33.9 Å². The van der Waals surface area contributed by atoms with Crippen molar-refractivity contribution in [2.24, 2.45) is 5.92 Å². The van der Waals surface area contributed by atoms with Gasteiger partial charge in [0.25, 0.3) is 5.56 Å². The molecule has 1 aromatic heterocycles. The maximum absolute atomic E-state index is 12.0. The van der Waals surface area contributed by atoms with Crippen molar-refractivity contribution in [3.05, 3.63) is 30.6 Å². The average Bonchev–Trinajstić information content (AvgIpc) is 2.32. The third kappa shape index (κ3) is 3.94. The summed E-state index contributed by atoms with van der Waals surface area (Å²) in [5, 5.41) is 0. The van der Waals surface area contributed by atoms with E-state index in [0.29, 0.717) is 35.8 Å². The number of hydrogen-bond acceptors (Lipinski definition) is 3. The summed E-state index contributed by atoms with van der Waals surface area (Å²) < 4.78 is 8.74. The summed E-state index contributed by atoms with van der Waals surface area (Å²) in [7, 11) is 0. The van der Waals surface area contributed by atoms with Crippen LogP contribution in [-0.4, -0.2) is 22.3 Å². The summed E-state index contributed by atoms with van der Waals surface area (Å²) in [6.45, 7) is 7.88. The van der Waals surface area contributed by atoms with Gasteiger partial charge >= 0.3 is 5.69 Å². The lowest BCUT2D eigenvalue weighted by molar-refractivity contribution is 0.101. The lowest BCUT2D eigenvalue weighted by Gasteiger charge is -2.10. The molecular weight excluding hydrogens is 347 g/mol. The second-order valence-electron chi connectivity index (χ2n) is 4.47. The van der Waals surface area contributed by atoms with Gasteiger partial charge in [0.15, 0.2) is 0 Å². The first kappa shape index (κ1) is 15.4. The van der Waals surface area contributed by atoms with E-state index in [-0.39, 0.29) is 11.2 Å². The van der Waals surface area contributed by atoms with Crippen LogP contribution in [0.15, 0.2) is 15.8 Å². The lowest BCUT2D eigenvalue weighted by atomic mass is 10.2. The Labute approximate surface area is 120 Å². The fourth-order valence-electron chi connectivity index (χ4n) is 1.52. The fraction of sp³-hybridized carbons (Fsp3) is 0.667. The third-order valence-electron chi connectivity index (χ3n) is 2.45. The first-order valence-electron chi connectivity index (χ1n) is 6.04. The van der Waals surface area contributed by atoms with Gasteiger partial charge in [0.1, 0.15) is 0 Å². The topological polar surface area (TPSA) is 53.2 Å². The quantitative estimate of drug-likeness (QED) is 0.564. The van der Waals surface area contributed by atoms with Crippen molar-refractivity contribution >= 4 is 22.6 Å². The van der Waals surface area contributed by atoms with Gasteiger partial charge in [0, 0.05) is 19.3 Å². The van der Waals surface area contributed by atoms with E-state index in [1.807, 2.05) is 29.5 Å². The molecule has 0 saturated carbocycles. The van der Waals surface area contributed by atoms with E-state index >= 15 is 0 Å². The zero-order chi connectivity index (χ0) is 13.7. The first-order valence-corrected chi connectivity index (χ1v) is 7.12. The van der Waals surface area contributed by atoms with Gasteiger partial charge in [0.2, 0.25) is 0 Å². The van der Waals surface area contributed by atoms with Gasteiger partial charge in [-0.1, -0.05) is 13.8 Å². The second kappa shape index (κ2) is 7.08. The molecule has 18 heavy (non-hydrogen) atoms. The molecule has 102 valence electrons. The van der Waals surface area contributed by atoms with Crippen molar-refractivity contribution in [1.29, 1.82) is 0 Å². The van der Waals surface area contributed by atoms with E-state index in [1.54, 1.807) is 6.20 Å². The molecule has 1 rings (SSSR count).